The molecule has 0 radical (unpaired) electrons. The van der Waals surface area contributed by atoms with E-state index in [1.807, 2.05) is 0 Å². The fourth-order valence-corrected chi connectivity index (χ4v) is 3.35. The number of rotatable bonds is 3. The Morgan fingerprint density at radius 3 is 2.25 bits per heavy atom. The standard InChI is InChI=1S/C15H21I/c1-2-3-12-4-6-13(7-5-12)14-8-10-15(16)11-9-14/h4-7,14-15H,2-3,8-11H2,1H3. The van der Waals surface area contributed by atoms with Crippen LogP contribution in [0, 0.1) is 0 Å². The van der Waals surface area contributed by atoms with Crippen molar-refractivity contribution in [3.63, 3.8) is 0 Å². The van der Waals surface area contributed by atoms with Crippen molar-refractivity contribution >= 4 is 22.6 Å². The summed E-state index contributed by atoms with van der Waals surface area (Å²) >= 11 is 2.60. The van der Waals surface area contributed by atoms with Gasteiger partial charge in [0.15, 0.2) is 0 Å². The maximum absolute atomic E-state index is 2.60. The van der Waals surface area contributed by atoms with Crippen LogP contribution in [0.1, 0.15) is 56.1 Å². The van der Waals surface area contributed by atoms with E-state index >= 15 is 0 Å². The molecule has 0 spiro atoms. The number of halogens is 1. The third-order valence-corrected chi connectivity index (χ3v) is 4.89. The van der Waals surface area contributed by atoms with Crippen LogP contribution < -0.4 is 0 Å². The van der Waals surface area contributed by atoms with E-state index < -0.39 is 0 Å². The predicted octanol–water partition coefficient (Wildman–Crippen LogP) is 5.10. The fraction of sp³-hybridized carbons (Fsp3) is 0.600. The van der Waals surface area contributed by atoms with Crippen molar-refractivity contribution in [2.24, 2.45) is 0 Å². The van der Waals surface area contributed by atoms with Gasteiger partial charge in [-0.3, -0.25) is 0 Å². The Morgan fingerprint density at radius 2 is 1.69 bits per heavy atom. The first-order valence-electron chi connectivity index (χ1n) is 6.52. The number of alkyl halides is 1. The van der Waals surface area contributed by atoms with E-state index in [1.54, 1.807) is 5.56 Å². The van der Waals surface area contributed by atoms with E-state index in [1.165, 1.54) is 44.1 Å². The molecule has 0 unspecified atom stereocenters. The maximum Gasteiger partial charge on any atom is 0.0110 e. The van der Waals surface area contributed by atoms with Crippen LogP contribution in [-0.2, 0) is 6.42 Å². The van der Waals surface area contributed by atoms with Crippen LogP contribution in [0.2, 0.25) is 0 Å². The van der Waals surface area contributed by atoms with E-state index in [9.17, 15) is 0 Å². The molecule has 1 saturated carbocycles. The monoisotopic (exact) mass is 328 g/mol. The Kier molecular flexibility index (Phi) is 4.68. The minimum Gasteiger partial charge on any atom is -0.0826 e. The number of aryl methyl sites for hydroxylation is 1. The highest BCUT2D eigenvalue weighted by Crippen LogP contribution is 2.35. The third-order valence-electron chi connectivity index (χ3n) is 3.65. The lowest BCUT2D eigenvalue weighted by molar-refractivity contribution is 0.462. The van der Waals surface area contributed by atoms with Gasteiger partial charge in [-0.05, 0) is 49.1 Å². The lowest BCUT2D eigenvalue weighted by Crippen LogP contribution is -2.12. The summed E-state index contributed by atoms with van der Waals surface area (Å²) < 4.78 is 0.924. The molecule has 2 rings (SSSR count). The summed E-state index contributed by atoms with van der Waals surface area (Å²) in [5, 5.41) is 0. The van der Waals surface area contributed by atoms with Crippen LogP contribution >= 0.6 is 22.6 Å². The zero-order valence-electron chi connectivity index (χ0n) is 10.1. The predicted molar refractivity (Wildman–Crippen MR) is 79.5 cm³/mol. The molecule has 0 aromatic heterocycles. The van der Waals surface area contributed by atoms with Crippen LogP contribution in [0.5, 0.6) is 0 Å². The largest absolute Gasteiger partial charge is 0.0826 e. The Hall–Kier alpha value is -0.0500. The van der Waals surface area contributed by atoms with Gasteiger partial charge in [-0.1, -0.05) is 60.2 Å². The highest BCUT2D eigenvalue weighted by atomic mass is 127. The van der Waals surface area contributed by atoms with Gasteiger partial charge in [0.25, 0.3) is 0 Å². The Labute approximate surface area is 113 Å². The number of benzene rings is 1. The molecular formula is C15H21I. The Bertz CT molecular complexity index is 307. The second kappa shape index (κ2) is 6.04. The Morgan fingerprint density at radius 1 is 1.06 bits per heavy atom. The number of hydrogen-bond acceptors (Lipinski definition) is 0. The number of hydrogen-bond donors (Lipinski definition) is 0. The highest BCUT2D eigenvalue weighted by molar-refractivity contribution is 14.1. The van der Waals surface area contributed by atoms with E-state index in [2.05, 4.69) is 53.8 Å². The van der Waals surface area contributed by atoms with E-state index in [-0.39, 0.29) is 0 Å². The molecule has 1 aromatic rings. The summed E-state index contributed by atoms with van der Waals surface area (Å²) in [6.07, 6.45) is 8.06. The maximum atomic E-state index is 2.60. The zero-order valence-corrected chi connectivity index (χ0v) is 12.2. The van der Waals surface area contributed by atoms with Crippen molar-refractivity contribution in [2.45, 2.75) is 55.3 Å². The van der Waals surface area contributed by atoms with E-state index in [0.29, 0.717) is 0 Å². The van der Waals surface area contributed by atoms with Gasteiger partial charge in [-0.15, -0.1) is 0 Å². The smallest absolute Gasteiger partial charge is 0.0110 e. The van der Waals surface area contributed by atoms with Crippen LogP contribution in [0.15, 0.2) is 24.3 Å². The summed E-state index contributed by atoms with van der Waals surface area (Å²) in [5.41, 5.74) is 3.07. The van der Waals surface area contributed by atoms with Crippen molar-refractivity contribution in [1.82, 2.24) is 0 Å². The molecule has 0 amide bonds. The quantitative estimate of drug-likeness (QED) is 0.535. The third kappa shape index (κ3) is 3.22. The molecule has 0 heterocycles. The van der Waals surface area contributed by atoms with Gasteiger partial charge in [0.2, 0.25) is 0 Å². The van der Waals surface area contributed by atoms with E-state index in [0.717, 1.165) is 9.84 Å². The molecule has 1 aliphatic rings. The summed E-state index contributed by atoms with van der Waals surface area (Å²) in [4.78, 5) is 0. The molecule has 0 bridgehead atoms. The zero-order chi connectivity index (χ0) is 11.4. The van der Waals surface area contributed by atoms with Crippen molar-refractivity contribution in [2.75, 3.05) is 0 Å². The molecule has 0 atom stereocenters. The van der Waals surface area contributed by atoms with Gasteiger partial charge >= 0.3 is 0 Å². The summed E-state index contributed by atoms with van der Waals surface area (Å²) in [6, 6.07) is 9.39. The van der Waals surface area contributed by atoms with Crippen LogP contribution in [0.25, 0.3) is 0 Å². The lowest BCUT2D eigenvalue weighted by atomic mass is 9.84. The second-order valence-electron chi connectivity index (χ2n) is 4.94. The lowest BCUT2D eigenvalue weighted by Gasteiger charge is -2.25. The first kappa shape index (κ1) is 12.4. The van der Waals surface area contributed by atoms with Crippen molar-refractivity contribution in [3.05, 3.63) is 35.4 Å². The van der Waals surface area contributed by atoms with Gasteiger partial charge < -0.3 is 0 Å². The fourth-order valence-electron chi connectivity index (χ4n) is 2.63. The topological polar surface area (TPSA) is 0 Å². The van der Waals surface area contributed by atoms with Crippen LogP contribution in [-0.4, -0.2) is 3.92 Å². The molecule has 16 heavy (non-hydrogen) atoms. The molecule has 1 fully saturated rings. The van der Waals surface area contributed by atoms with Gasteiger partial charge in [0.1, 0.15) is 0 Å². The van der Waals surface area contributed by atoms with Gasteiger partial charge in [0.05, 0.1) is 0 Å². The molecule has 1 aliphatic carbocycles. The molecule has 1 aromatic carbocycles. The SMILES string of the molecule is CCCc1ccc(C2CCC(I)CC2)cc1. The molecule has 88 valence electrons. The highest BCUT2D eigenvalue weighted by Gasteiger charge is 2.20. The first-order valence-corrected chi connectivity index (χ1v) is 7.77. The minimum atomic E-state index is 0.835. The first-order chi connectivity index (χ1) is 7.79. The summed E-state index contributed by atoms with van der Waals surface area (Å²) in [7, 11) is 0. The molecule has 1 heteroatoms. The molecule has 0 saturated heterocycles. The summed E-state index contributed by atoms with van der Waals surface area (Å²) in [6.45, 7) is 2.25. The van der Waals surface area contributed by atoms with Crippen LogP contribution in [0.4, 0.5) is 0 Å². The second-order valence-corrected chi connectivity index (χ2v) is 6.70. The van der Waals surface area contributed by atoms with Crippen LogP contribution in [0.3, 0.4) is 0 Å². The van der Waals surface area contributed by atoms with Crippen molar-refractivity contribution in [3.8, 4) is 0 Å². The van der Waals surface area contributed by atoms with Gasteiger partial charge in [0, 0.05) is 3.92 Å². The molecule has 0 nitrogen and oxygen atoms in total. The Balaban J connectivity index is 1.98. The summed E-state index contributed by atoms with van der Waals surface area (Å²) in [5.74, 6) is 0.835. The average molecular weight is 328 g/mol. The molecule has 0 N–H and O–H groups in total. The normalized spacial score (nSPS) is 25.6. The molecule has 0 aliphatic heterocycles. The van der Waals surface area contributed by atoms with Gasteiger partial charge in [-0.25, -0.2) is 0 Å². The van der Waals surface area contributed by atoms with Crippen molar-refractivity contribution < 1.29 is 0 Å². The van der Waals surface area contributed by atoms with Crippen molar-refractivity contribution in [1.29, 1.82) is 0 Å². The van der Waals surface area contributed by atoms with Gasteiger partial charge in [-0.2, -0.15) is 0 Å². The van der Waals surface area contributed by atoms with E-state index in [4.69, 9.17) is 0 Å². The minimum absolute atomic E-state index is 0.835. The molecular weight excluding hydrogens is 307 g/mol. The average Bonchev–Trinajstić information content (AvgIpc) is 2.32.